The van der Waals surface area contributed by atoms with E-state index in [9.17, 15) is 14.4 Å². The molecule has 0 saturated carbocycles. The second-order valence-corrected chi connectivity index (χ2v) is 8.95. The molecule has 0 aromatic heterocycles. The number of rotatable bonds is 5. The van der Waals surface area contributed by atoms with Crippen molar-refractivity contribution in [3.63, 3.8) is 0 Å². The van der Waals surface area contributed by atoms with Crippen LogP contribution >= 0.6 is 11.8 Å². The Bertz CT molecular complexity index is 940. The maximum Gasteiger partial charge on any atom is 0.308 e. The van der Waals surface area contributed by atoms with Gasteiger partial charge in [-0.1, -0.05) is 42.5 Å². The number of nitrogens with zero attached hydrogens (tertiary/aromatic N) is 2. The predicted molar refractivity (Wildman–Crippen MR) is 119 cm³/mol. The van der Waals surface area contributed by atoms with Crippen molar-refractivity contribution in [1.29, 1.82) is 0 Å². The number of methoxy groups -OCH3 is 1. The molecule has 2 saturated heterocycles. The lowest BCUT2D eigenvalue weighted by Crippen LogP contribution is -2.40. The average Bonchev–Trinajstić information content (AvgIpc) is 3.19. The van der Waals surface area contributed by atoms with Crippen LogP contribution in [0, 0.1) is 5.92 Å². The third kappa shape index (κ3) is 4.77. The Kier molecular flexibility index (Phi) is 6.61. The minimum Gasteiger partial charge on any atom is -0.469 e. The highest BCUT2D eigenvalue weighted by Gasteiger charge is 2.33. The topological polar surface area (TPSA) is 66.9 Å². The van der Waals surface area contributed by atoms with Crippen molar-refractivity contribution >= 4 is 29.5 Å². The van der Waals surface area contributed by atoms with Gasteiger partial charge in [-0.25, -0.2) is 0 Å². The van der Waals surface area contributed by atoms with Gasteiger partial charge in [-0.15, -0.1) is 11.8 Å². The number of likely N-dealkylation sites (tertiary alicyclic amines) is 1. The monoisotopic (exact) mass is 438 g/mol. The van der Waals surface area contributed by atoms with Gasteiger partial charge in [-0.05, 0) is 36.1 Å². The second-order valence-electron chi connectivity index (χ2n) is 7.88. The van der Waals surface area contributed by atoms with Gasteiger partial charge in [0.2, 0.25) is 5.91 Å². The van der Waals surface area contributed by atoms with E-state index in [1.165, 1.54) is 7.11 Å². The van der Waals surface area contributed by atoms with E-state index in [4.69, 9.17) is 4.74 Å². The molecule has 1 unspecified atom stereocenters. The van der Waals surface area contributed by atoms with E-state index >= 15 is 0 Å². The number of hydrogen-bond acceptors (Lipinski definition) is 5. The number of thioether (sulfide) groups is 1. The molecule has 7 heteroatoms. The first-order chi connectivity index (χ1) is 15.1. The minimum absolute atomic E-state index is 0.0221. The summed E-state index contributed by atoms with van der Waals surface area (Å²) in [5.41, 5.74) is 2.75. The van der Waals surface area contributed by atoms with Gasteiger partial charge in [0, 0.05) is 25.2 Å². The Hall–Kier alpha value is -2.80. The van der Waals surface area contributed by atoms with E-state index in [1.54, 1.807) is 16.7 Å². The normalized spacial score (nSPS) is 19.5. The van der Waals surface area contributed by atoms with Crippen molar-refractivity contribution in [2.75, 3.05) is 26.0 Å². The first-order valence-corrected chi connectivity index (χ1v) is 11.5. The summed E-state index contributed by atoms with van der Waals surface area (Å²) in [6, 6.07) is 17.6. The molecule has 31 heavy (non-hydrogen) atoms. The molecule has 2 aliphatic rings. The maximum atomic E-state index is 12.9. The summed E-state index contributed by atoms with van der Waals surface area (Å²) < 4.78 is 4.81. The summed E-state index contributed by atoms with van der Waals surface area (Å²) >= 11 is 1.62. The molecule has 1 atom stereocenters. The van der Waals surface area contributed by atoms with Gasteiger partial charge in [0.1, 0.15) is 5.37 Å². The van der Waals surface area contributed by atoms with Crippen LogP contribution in [0.3, 0.4) is 0 Å². The van der Waals surface area contributed by atoms with Crippen LogP contribution in [0.5, 0.6) is 0 Å². The highest BCUT2D eigenvalue weighted by molar-refractivity contribution is 8.00. The lowest BCUT2D eigenvalue weighted by molar-refractivity contribution is -0.146. The van der Waals surface area contributed by atoms with Crippen LogP contribution in [0.15, 0.2) is 54.6 Å². The third-order valence-corrected chi connectivity index (χ3v) is 7.18. The molecule has 2 aromatic rings. The van der Waals surface area contributed by atoms with Gasteiger partial charge in [0.15, 0.2) is 0 Å². The Labute approximate surface area is 186 Å². The number of carbonyl (C=O) groups excluding carboxylic acids is 3. The molecule has 0 aliphatic carbocycles. The SMILES string of the molecule is COC(=O)C1CCN(C(=O)c2ccc(C3SCC(=O)N3Cc3ccccc3)cc2)CC1. The van der Waals surface area contributed by atoms with Crippen LogP contribution in [0.4, 0.5) is 0 Å². The minimum atomic E-state index is -0.194. The number of esters is 1. The summed E-state index contributed by atoms with van der Waals surface area (Å²) in [7, 11) is 1.40. The zero-order chi connectivity index (χ0) is 21.8. The summed E-state index contributed by atoms with van der Waals surface area (Å²) in [6.07, 6.45) is 1.26. The fraction of sp³-hybridized carbons (Fsp3) is 0.375. The lowest BCUT2D eigenvalue weighted by Gasteiger charge is -2.31. The molecule has 162 valence electrons. The van der Waals surface area contributed by atoms with Crippen LogP contribution in [0.25, 0.3) is 0 Å². The van der Waals surface area contributed by atoms with Crippen LogP contribution in [-0.4, -0.2) is 53.5 Å². The average molecular weight is 439 g/mol. The molecule has 6 nitrogen and oxygen atoms in total. The Morgan fingerprint density at radius 1 is 1.03 bits per heavy atom. The molecule has 2 amide bonds. The highest BCUT2D eigenvalue weighted by atomic mass is 32.2. The van der Waals surface area contributed by atoms with Gasteiger partial charge < -0.3 is 14.5 Å². The van der Waals surface area contributed by atoms with Crippen molar-refractivity contribution in [2.45, 2.75) is 24.8 Å². The van der Waals surface area contributed by atoms with E-state index in [1.807, 2.05) is 59.5 Å². The number of ether oxygens (including phenoxy) is 1. The standard InChI is InChI=1S/C24H26N2O4S/c1-30-24(29)20-11-13-25(14-12-20)22(28)18-7-9-19(10-8-18)23-26(21(27)16-31-23)15-17-5-3-2-4-6-17/h2-10,20,23H,11-16H2,1H3. The smallest absolute Gasteiger partial charge is 0.308 e. The molecule has 0 spiro atoms. The van der Waals surface area contributed by atoms with Crippen molar-refractivity contribution in [3.05, 3.63) is 71.3 Å². The van der Waals surface area contributed by atoms with Crippen molar-refractivity contribution in [2.24, 2.45) is 5.92 Å². The third-order valence-electron chi connectivity index (χ3n) is 5.92. The summed E-state index contributed by atoms with van der Waals surface area (Å²) in [5, 5.41) is -0.0485. The zero-order valence-corrected chi connectivity index (χ0v) is 18.3. The summed E-state index contributed by atoms with van der Waals surface area (Å²) in [5.74, 6) is 0.260. The van der Waals surface area contributed by atoms with Crippen molar-refractivity contribution in [1.82, 2.24) is 9.80 Å². The largest absolute Gasteiger partial charge is 0.469 e. The fourth-order valence-corrected chi connectivity index (χ4v) is 5.33. The maximum absolute atomic E-state index is 12.9. The quantitative estimate of drug-likeness (QED) is 0.669. The first-order valence-electron chi connectivity index (χ1n) is 10.5. The summed E-state index contributed by atoms with van der Waals surface area (Å²) in [4.78, 5) is 40.7. The fourth-order valence-electron chi connectivity index (χ4n) is 4.14. The molecule has 2 heterocycles. The molecule has 0 N–H and O–H groups in total. The zero-order valence-electron chi connectivity index (χ0n) is 17.5. The first kappa shape index (κ1) is 21.4. The van der Waals surface area contributed by atoms with Crippen molar-refractivity contribution < 1.29 is 19.1 Å². The van der Waals surface area contributed by atoms with Crippen molar-refractivity contribution in [3.8, 4) is 0 Å². The molecule has 0 bridgehead atoms. The van der Waals surface area contributed by atoms with Gasteiger partial charge in [0.05, 0.1) is 18.8 Å². The predicted octanol–water partition coefficient (Wildman–Crippen LogP) is 3.49. The van der Waals surface area contributed by atoms with E-state index in [2.05, 4.69) is 0 Å². The van der Waals surface area contributed by atoms with Crippen LogP contribution in [-0.2, 0) is 20.9 Å². The Balaban J connectivity index is 1.41. The number of carbonyl (C=O) groups is 3. The van der Waals surface area contributed by atoms with E-state index < -0.39 is 0 Å². The molecular formula is C24H26N2O4S. The second kappa shape index (κ2) is 9.56. The summed E-state index contributed by atoms with van der Waals surface area (Å²) in [6.45, 7) is 1.68. The van der Waals surface area contributed by atoms with E-state index in [-0.39, 0.29) is 29.1 Å². The van der Waals surface area contributed by atoms with Gasteiger partial charge in [-0.3, -0.25) is 14.4 Å². The van der Waals surface area contributed by atoms with Crippen LogP contribution in [0.1, 0.15) is 39.7 Å². The Morgan fingerprint density at radius 2 is 1.71 bits per heavy atom. The number of benzene rings is 2. The Morgan fingerprint density at radius 3 is 2.35 bits per heavy atom. The van der Waals surface area contributed by atoms with Gasteiger partial charge >= 0.3 is 5.97 Å². The molecule has 0 radical (unpaired) electrons. The molecular weight excluding hydrogens is 412 g/mol. The molecule has 4 rings (SSSR count). The van der Waals surface area contributed by atoms with E-state index in [0.29, 0.717) is 43.8 Å². The van der Waals surface area contributed by atoms with E-state index in [0.717, 1.165) is 11.1 Å². The molecule has 2 aliphatic heterocycles. The highest BCUT2D eigenvalue weighted by Crippen LogP contribution is 2.39. The number of piperidine rings is 1. The van der Waals surface area contributed by atoms with Crippen LogP contribution in [0.2, 0.25) is 0 Å². The van der Waals surface area contributed by atoms with Gasteiger partial charge in [-0.2, -0.15) is 0 Å². The number of amides is 2. The lowest BCUT2D eigenvalue weighted by atomic mass is 9.96. The molecule has 2 fully saturated rings. The van der Waals surface area contributed by atoms with Crippen LogP contribution < -0.4 is 0 Å². The van der Waals surface area contributed by atoms with Gasteiger partial charge in [0.25, 0.3) is 5.91 Å². The number of hydrogen-bond donors (Lipinski definition) is 0. The molecule has 2 aromatic carbocycles.